The van der Waals surface area contributed by atoms with Crippen LogP contribution in [0.5, 0.6) is 0 Å². The van der Waals surface area contributed by atoms with Crippen molar-refractivity contribution < 1.29 is 13.9 Å². The number of H-pyrrole nitrogens is 1. The second-order valence-corrected chi connectivity index (χ2v) is 6.86. The van der Waals surface area contributed by atoms with E-state index in [4.69, 9.17) is 26.0 Å². The first-order valence-corrected chi connectivity index (χ1v) is 9.75. The Bertz CT molecular complexity index is 1290. The van der Waals surface area contributed by atoms with E-state index in [0.717, 1.165) is 5.69 Å². The number of pyridine rings is 1. The highest BCUT2D eigenvalue weighted by Gasteiger charge is 2.13. The highest BCUT2D eigenvalue weighted by atomic mass is 35.5. The van der Waals surface area contributed by atoms with E-state index in [0.29, 0.717) is 45.6 Å². The summed E-state index contributed by atoms with van der Waals surface area (Å²) in [6.45, 7) is 2.42. The maximum Gasteiger partial charge on any atom is 0.411 e. The molecule has 0 aliphatic carbocycles. The van der Waals surface area contributed by atoms with E-state index >= 15 is 0 Å². The number of nitriles is 1. The minimum atomic E-state index is -0.552. The number of rotatable bonds is 6. The van der Waals surface area contributed by atoms with Crippen molar-refractivity contribution in [2.75, 3.05) is 17.2 Å². The minimum absolute atomic E-state index is 0.264. The molecule has 3 heterocycles. The summed E-state index contributed by atoms with van der Waals surface area (Å²) in [6.07, 6.45) is 0.950. The van der Waals surface area contributed by atoms with Gasteiger partial charge in [-0.15, -0.1) is 0 Å². The monoisotopic (exact) mass is 436 g/mol. The van der Waals surface area contributed by atoms with Gasteiger partial charge in [0.25, 0.3) is 0 Å². The van der Waals surface area contributed by atoms with Crippen LogP contribution in [0.25, 0.3) is 22.6 Å². The molecule has 4 aromatic rings. The molecule has 0 fully saturated rings. The summed E-state index contributed by atoms with van der Waals surface area (Å²) in [7, 11) is 0. The van der Waals surface area contributed by atoms with Gasteiger partial charge in [-0.1, -0.05) is 11.6 Å². The van der Waals surface area contributed by atoms with Gasteiger partial charge >= 0.3 is 6.09 Å². The van der Waals surface area contributed by atoms with Gasteiger partial charge in [0.2, 0.25) is 5.76 Å². The molecule has 0 aliphatic heterocycles. The topological polar surface area (TPSA) is 129 Å². The third kappa shape index (κ3) is 4.60. The number of nitrogens with one attached hydrogen (secondary N) is 3. The molecule has 0 atom stereocenters. The zero-order chi connectivity index (χ0) is 21.8. The molecular formula is C21H17ClN6O3. The van der Waals surface area contributed by atoms with Crippen molar-refractivity contribution in [1.29, 1.82) is 5.26 Å². The van der Waals surface area contributed by atoms with Crippen LogP contribution in [0, 0.1) is 11.3 Å². The van der Waals surface area contributed by atoms with Gasteiger partial charge in [-0.3, -0.25) is 5.32 Å². The molecule has 1 amide bonds. The number of imidazole rings is 1. The number of carbonyl (C=O) groups excluding carboxylic acids is 1. The fourth-order valence-electron chi connectivity index (χ4n) is 2.92. The number of benzene rings is 1. The number of hydrogen-bond donors (Lipinski definition) is 3. The first kappa shape index (κ1) is 20.3. The first-order valence-electron chi connectivity index (χ1n) is 9.38. The second kappa shape index (κ2) is 8.77. The molecule has 0 saturated carbocycles. The lowest BCUT2D eigenvalue weighted by molar-refractivity contribution is 0.168. The summed E-state index contributed by atoms with van der Waals surface area (Å²) in [6, 6.07) is 12.5. The Morgan fingerprint density at radius 2 is 2.16 bits per heavy atom. The van der Waals surface area contributed by atoms with Crippen molar-refractivity contribution in [3.05, 3.63) is 59.1 Å². The lowest BCUT2D eigenvalue weighted by atomic mass is 10.2. The summed E-state index contributed by atoms with van der Waals surface area (Å²) in [5.41, 5.74) is 3.09. The fourth-order valence-corrected chi connectivity index (χ4v) is 3.13. The Morgan fingerprint density at radius 3 is 2.94 bits per heavy atom. The summed E-state index contributed by atoms with van der Waals surface area (Å²) in [4.78, 5) is 23.5. The molecule has 0 saturated heterocycles. The molecule has 0 bridgehead atoms. The van der Waals surface area contributed by atoms with E-state index < -0.39 is 6.09 Å². The van der Waals surface area contributed by atoms with Gasteiger partial charge in [0.1, 0.15) is 17.7 Å². The van der Waals surface area contributed by atoms with Crippen molar-refractivity contribution in [3.8, 4) is 17.5 Å². The second-order valence-electron chi connectivity index (χ2n) is 6.45. The molecule has 31 heavy (non-hydrogen) atoms. The normalized spacial score (nSPS) is 10.6. The van der Waals surface area contributed by atoms with Crippen molar-refractivity contribution in [1.82, 2.24) is 15.0 Å². The van der Waals surface area contributed by atoms with E-state index in [2.05, 4.69) is 25.6 Å². The van der Waals surface area contributed by atoms with Crippen LogP contribution in [-0.2, 0) is 11.3 Å². The Kier molecular flexibility index (Phi) is 5.73. The predicted octanol–water partition coefficient (Wildman–Crippen LogP) is 4.92. The molecule has 0 unspecified atom stereocenters. The van der Waals surface area contributed by atoms with Crippen molar-refractivity contribution in [2.45, 2.75) is 13.5 Å². The highest BCUT2D eigenvalue weighted by molar-refractivity contribution is 6.33. The third-order valence-corrected chi connectivity index (χ3v) is 4.65. The first-order chi connectivity index (χ1) is 15.1. The number of carbonyl (C=O) groups is 1. The lowest BCUT2D eigenvalue weighted by Gasteiger charge is -2.07. The number of halogens is 1. The molecule has 10 heteroatoms. The molecule has 1 aromatic carbocycles. The van der Waals surface area contributed by atoms with Crippen molar-refractivity contribution in [3.63, 3.8) is 0 Å². The van der Waals surface area contributed by atoms with Crippen LogP contribution in [0.1, 0.15) is 18.4 Å². The molecule has 3 aromatic heterocycles. The number of nitrogens with zero attached hydrogens (tertiary/aromatic N) is 3. The van der Waals surface area contributed by atoms with Crippen LogP contribution in [-0.4, -0.2) is 27.7 Å². The van der Waals surface area contributed by atoms with Crippen LogP contribution in [0.3, 0.4) is 0 Å². The standard InChI is InChI=1S/C21H17ClN6O3/c1-2-30-21(29)26-13-8-18-20(25-10-13)28-19(27-18)16-7-12(3-6-17(16)22)24-11-15-5-4-14(9-23)31-15/h3-8,10,24H,2,11H2,1H3,(H,26,29)(H,25,27,28). The number of ether oxygens (including phenoxy) is 1. The summed E-state index contributed by atoms with van der Waals surface area (Å²) in [5.74, 6) is 1.44. The molecule has 0 spiro atoms. The van der Waals surface area contributed by atoms with Crippen LogP contribution >= 0.6 is 11.6 Å². The van der Waals surface area contributed by atoms with Gasteiger partial charge in [0, 0.05) is 11.3 Å². The molecular weight excluding hydrogens is 420 g/mol. The molecule has 3 N–H and O–H groups in total. The number of hydrogen-bond acceptors (Lipinski definition) is 7. The zero-order valence-corrected chi connectivity index (χ0v) is 17.2. The molecule has 0 aliphatic rings. The van der Waals surface area contributed by atoms with Gasteiger partial charge in [-0.25, -0.2) is 14.8 Å². The van der Waals surface area contributed by atoms with Gasteiger partial charge in [0.15, 0.2) is 5.65 Å². The largest absolute Gasteiger partial charge is 0.450 e. The van der Waals surface area contributed by atoms with Crippen LogP contribution in [0.4, 0.5) is 16.2 Å². The van der Waals surface area contributed by atoms with E-state index in [1.807, 2.05) is 18.2 Å². The predicted molar refractivity (Wildman–Crippen MR) is 116 cm³/mol. The maximum atomic E-state index is 11.6. The number of furan rings is 1. The summed E-state index contributed by atoms with van der Waals surface area (Å²) >= 11 is 6.40. The van der Waals surface area contributed by atoms with E-state index in [1.54, 1.807) is 31.2 Å². The number of aromatic amines is 1. The van der Waals surface area contributed by atoms with E-state index in [-0.39, 0.29) is 12.4 Å². The Morgan fingerprint density at radius 1 is 1.29 bits per heavy atom. The fraction of sp³-hybridized carbons (Fsp3) is 0.143. The number of aromatic nitrogens is 3. The highest BCUT2D eigenvalue weighted by Crippen LogP contribution is 2.30. The van der Waals surface area contributed by atoms with E-state index in [1.165, 1.54) is 6.20 Å². The molecule has 0 radical (unpaired) electrons. The average molecular weight is 437 g/mol. The Balaban J connectivity index is 1.55. The third-order valence-electron chi connectivity index (χ3n) is 4.32. The van der Waals surface area contributed by atoms with Crippen LogP contribution < -0.4 is 10.6 Å². The molecule has 9 nitrogen and oxygen atoms in total. The Hall–Kier alpha value is -4.03. The maximum absolute atomic E-state index is 11.6. The Labute approximate surface area is 182 Å². The molecule has 156 valence electrons. The average Bonchev–Trinajstić information content (AvgIpc) is 3.39. The van der Waals surface area contributed by atoms with Crippen LogP contribution in [0.15, 0.2) is 47.0 Å². The van der Waals surface area contributed by atoms with E-state index in [9.17, 15) is 4.79 Å². The van der Waals surface area contributed by atoms with Crippen LogP contribution in [0.2, 0.25) is 5.02 Å². The van der Waals surface area contributed by atoms with Gasteiger partial charge in [-0.2, -0.15) is 5.26 Å². The SMILES string of the molecule is CCOC(=O)Nc1cnc2nc(-c3cc(NCc4ccc(C#N)o4)ccc3Cl)[nH]c2c1. The van der Waals surface area contributed by atoms with Crippen molar-refractivity contribution >= 4 is 40.2 Å². The summed E-state index contributed by atoms with van der Waals surface area (Å²) in [5, 5.41) is 15.2. The van der Waals surface area contributed by atoms with Gasteiger partial charge in [-0.05, 0) is 43.3 Å². The quantitative estimate of drug-likeness (QED) is 0.391. The zero-order valence-electron chi connectivity index (χ0n) is 16.4. The van der Waals surface area contributed by atoms with Gasteiger partial charge in [0.05, 0.1) is 35.6 Å². The minimum Gasteiger partial charge on any atom is -0.450 e. The number of fused-ring (bicyclic) bond motifs is 1. The van der Waals surface area contributed by atoms with Gasteiger partial charge < -0.3 is 19.5 Å². The smallest absolute Gasteiger partial charge is 0.411 e. The molecule has 4 rings (SSSR count). The number of amides is 1. The summed E-state index contributed by atoms with van der Waals surface area (Å²) < 4.78 is 10.2. The van der Waals surface area contributed by atoms with Crippen molar-refractivity contribution in [2.24, 2.45) is 0 Å². The number of anilines is 2. The lowest BCUT2D eigenvalue weighted by Crippen LogP contribution is -2.13.